The quantitative estimate of drug-likeness (QED) is 0.898. The van der Waals surface area contributed by atoms with E-state index in [1.165, 1.54) is 0 Å². The van der Waals surface area contributed by atoms with Crippen molar-refractivity contribution < 1.29 is 9.52 Å². The Labute approximate surface area is 106 Å². The number of aliphatic hydroxyl groups excluding tert-OH is 1. The van der Waals surface area contributed by atoms with Crippen molar-refractivity contribution in [2.45, 2.75) is 26.4 Å². The van der Waals surface area contributed by atoms with Gasteiger partial charge in [-0.1, -0.05) is 23.7 Å². The van der Waals surface area contributed by atoms with Crippen molar-refractivity contribution >= 4 is 11.6 Å². The Morgan fingerprint density at radius 3 is 2.41 bits per heavy atom. The molecule has 0 aliphatic heterocycles. The number of benzene rings is 1. The summed E-state index contributed by atoms with van der Waals surface area (Å²) in [6.07, 6.45) is 0.0328. The molecule has 1 N–H and O–H groups in total. The fourth-order valence-corrected chi connectivity index (χ4v) is 2.06. The first kappa shape index (κ1) is 12.2. The van der Waals surface area contributed by atoms with Crippen LogP contribution in [-0.4, -0.2) is 5.11 Å². The Bertz CT molecular complexity index is 499. The Hall–Kier alpha value is -1.25. The molecule has 1 aromatic carbocycles. The van der Waals surface area contributed by atoms with Crippen LogP contribution in [0.2, 0.25) is 5.02 Å². The van der Waals surface area contributed by atoms with Crippen molar-refractivity contribution in [1.82, 2.24) is 0 Å². The van der Waals surface area contributed by atoms with Crippen molar-refractivity contribution in [3.8, 4) is 0 Å². The maximum absolute atomic E-state index is 10.1. The van der Waals surface area contributed by atoms with Crippen LogP contribution >= 0.6 is 11.6 Å². The lowest BCUT2D eigenvalue weighted by molar-refractivity contribution is 0.176. The zero-order valence-corrected chi connectivity index (χ0v) is 10.7. The first-order valence-electron chi connectivity index (χ1n) is 5.55. The van der Waals surface area contributed by atoms with Crippen LogP contribution in [0.1, 0.15) is 28.8 Å². The van der Waals surface area contributed by atoms with Crippen LogP contribution in [0, 0.1) is 13.8 Å². The SMILES string of the molecule is Cc1cc(C(O)Cc2ccc(Cl)cc2)c(C)o1. The Morgan fingerprint density at radius 2 is 1.88 bits per heavy atom. The molecular weight excluding hydrogens is 236 g/mol. The standard InChI is InChI=1S/C14H15ClO2/c1-9-7-13(10(2)17-9)14(16)8-11-3-5-12(15)6-4-11/h3-7,14,16H,8H2,1-2H3. The van der Waals surface area contributed by atoms with Gasteiger partial charge in [0.15, 0.2) is 0 Å². The lowest BCUT2D eigenvalue weighted by atomic mass is 10.0. The largest absolute Gasteiger partial charge is 0.466 e. The highest BCUT2D eigenvalue weighted by Gasteiger charge is 2.14. The van der Waals surface area contributed by atoms with Crippen LogP contribution in [0.4, 0.5) is 0 Å². The van der Waals surface area contributed by atoms with Gasteiger partial charge in [0.2, 0.25) is 0 Å². The van der Waals surface area contributed by atoms with E-state index in [2.05, 4.69) is 0 Å². The first-order valence-corrected chi connectivity index (χ1v) is 5.93. The third kappa shape index (κ3) is 2.90. The summed E-state index contributed by atoms with van der Waals surface area (Å²) in [6, 6.07) is 9.39. The molecule has 3 heteroatoms. The second-order valence-electron chi connectivity index (χ2n) is 4.21. The van der Waals surface area contributed by atoms with E-state index in [1.807, 2.05) is 44.2 Å². The van der Waals surface area contributed by atoms with Crippen molar-refractivity contribution in [2.24, 2.45) is 0 Å². The van der Waals surface area contributed by atoms with E-state index < -0.39 is 6.10 Å². The highest BCUT2D eigenvalue weighted by atomic mass is 35.5. The lowest BCUT2D eigenvalue weighted by Gasteiger charge is -2.09. The topological polar surface area (TPSA) is 33.4 Å². The van der Waals surface area contributed by atoms with E-state index in [1.54, 1.807) is 0 Å². The van der Waals surface area contributed by atoms with Gasteiger partial charge in [-0.3, -0.25) is 0 Å². The zero-order valence-electron chi connectivity index (χ0n) is 9.90. The summed E-state index contributed by atoms with van der Waals surface area (Å²) in [6.45, 7) is 3.75. The van der Waals surface area contributed by atoms with Gasteiger partial charge in [0.25, 0.3) is 0 Å². The Balaban J connectivity index is 2.14. The third-order valence-electron chi connectivity index (χ3n) is 2.78. The number of aryl methyl sites for hydroxylation is 2. The van der Waals surface area contributed by atoms with Gasteiger partial charge in [-0.2, -0.15) is 0 Å². The molecule has 0 saturated carbocycles. The van der Waals surface area contributed by atoms with Gasteiger partial charge >= 0.3 is 0 Å². The second-order valence-corrected chi connectivity index (χ2v) is 4.65. The van der Waals surface area contributed by atoms with Gasteiger partial charge in [-0.15, -0.1) is 0 Å². The molecule has 0 bridgehead atoms. The molecule has 2 aromatic rings. The summed E-state index contributed by atoms with van der Waals surface area (Å²) in [5.41, 5.74) is 1.91. The van der Waals surface area contributed by atoms with E-state index in [4.69, 9.17) is 16.0 Å². The zero-order chi connectivity index (χ0) is 12.4. The fourth-order valence-electron chi connectivity index (χ4n) is 1.94. The molecule has 1 atom stereocenters. The highest BCUT2D eigenvalue weighted by molar-refractivity contribution is 6.30. The lowest BCUT2D eigenvalue weighted by Crippen LogP contribution is -2.01. The summed E-state index contributed by atoms with van der Waals surface area (Å²) < 4.78 is 5.41. The van der Waals surface area contributed by atoms with Gasteiger partial charge in [0.05, 0.1) is 6.10 Å². The molecule has 90 valence electrons. The predicted octanol–water partition coefficient (Wildman–Crippen LogP) is 3.83. The maximum Gasteiger partial charge on any atom is 0.106 e. The van der Waals surface area contributed by atoms with Crippen molar-refractivity contribution in [2.75, 3.05) is 0 Å². The molecule has 1 unspecified atom stereocenters. The fraction of sp³-hybridized carbons (Fsp3) is 0.286. The smallest absolute Gasteiger partial charge is 0.106 e. The van der Waals surface area contributed by atoms with Crippen molar-refractivity contribution in [3.05, 3.63) is 58.0 Å². The molecule has 0 radical (unpaired) electrons. The summed E-state index contributed by atoms with van der Waals surface area (Å²) in [7, 11) is 0. The molecule has 0 saturated heterocycles. The molecule has 1 heterocycles. The van der Waals surface area contributed by atoms with Crippen molar-refractivity contribution in [3.63, 3.8) is 0 Å². The Kier molecular flexibility index (Phi) is 3.55. The second kappa shape index (κ2) is 4.94. The average molecular weight is 251 g/mol. The molecule has 0 aliphatic rings. The van der Waals surface area contributed by atoms with Gasteiger partial charge in [0.1, 0.15) is 11.5 Å². The number of furan rings is 1. The summed E-state index contributed by atoms with van der Waals surface area (Å²) in [5, 5.41) is 10.9. The molecule has 2 nitrogen and oxygen atoms in total. The van der Waals surface area contributed by atoms with Gasteiger partial charge in [-0.05, 0) is 37.6 Å². The van der Waals surface area contributed by atoms with Crippen LogP contribution in [-0.2, 0) is 6.42 Å². The van der Waals surface area contributed by atoms with E-state index >= 15 is 0 Å². The minimum absolute atomic E-state index is 0.534. The van der Waals surface area contributed by atoms with Gasteiger partial charge < -0.3 is 9.52 Å². The van der Waals surface area contributed by atoms with Crippen LogP contribution in [0.5, 0.6) is 0 Å². The summed E-state index contributed by atoms with van der Waals surface area (Å²) in [4.78, 5) is 0. The molecule has 1 aromatic heterocycles. The van der Waals surface area contributed by atoms with Crippen molar-refractivity contribution in [1.29, 1.82) is 0 Å². The first-order chi connectivity index (χ1) is 8.06. The van der Waals surface area contributed by atoms with Gasteiger partial charge in [0, 0.05) is 17.0 Å². The molecule has 0 aliphatic carbocycles. The van der Waals surface area contributed by atoms with Crippen LogP contribution in [0.3, 0.4) is 0 Å². The molecular formula is C14H15ClO2. The molecule has 0 fully saturated rings. The molecule has 0 spiro atoms. The van der Waals surface area contributed by atoms with E-state index in [0.717, 1.165) is 22.6 Å². The highest BCUT2D eigenvalue weighted by Crippen LogP contribution is 2.25. The third-order valence-corrected chi connectivity index (χ3v) is 3.03. The monoisotopic (exact) mass is 250 g/mol. The average Bonchev–Trinajstić information content (AvgIpc) is 2.61. The number of hydrogen-bond donors (Lipinski definition) is 1. The minimum Gasteiger partial charge on any atom is -0.466 e. The van der Waals surface area contributed by atoms with Crippen LogP contribution in [0.15, 0.2) is 34.7 Å². The number of hydrogen-bond acceptors (Lipinski definition) is 2. The number of halogens is 1. The van der Waals surface area contributed by atoms with Gasteiger partial charge in [-0.25, -0.2) is 0 Å². The molecule has 0 amide bonds. The predicted molar refractivity (Wildman–Crippen MR) is 68.3 cm³/mol. The van der Waals surface area contributed by atoms with Crippen LogP contribution < -0.4 is 0 Å². The number of aliphatic hydroxyl groups is 1. The minimum atomic E-state index is -0.534. The van der Waals surface area contributed by atoms with Crippen LogP contribution in [0.25, 0.3) is 0 Å². The molecule has 17 heavy (non-hydrogen) atoms. The van der Waals surface area contributed by atoms with E-state index in [-0.39, 0.29) is 0 Å². The maximum atomic E-state index is 10.1. The van der Waals surface area contributed by atoms with E-state index in [9.17, 15) is 5.11 Å². The normalized spacial score (nSPS) is 12.7. The van der Waals surface area contributed by atoms with E-state index in [0.29, 0.717) is 11.4 Å². The number of rotatable bonds is 3. The Morgan fingerprint density at radius 1 is 1.24 bits per heavy atom. The summed E-state index contributed by atoms with van der Waals surface area (Å²) in [5.74, 6) is 1.61. The molecule has 2 rings (SSSR count). The summed E-state index contributed by atoms with van der Waals surface area (Å²) >= 11 is 5.82.